The number of nitrogens with zero attached hydrogens (tertiary/aromatic N) is 1. The lowest BCUT2D eigenvalue weighted by atomic mass is 9.90. The number of rotatable bonds is 3. The Balaban J connectivity index is 1.70. The van der Waals surface area contributed by atoms with Crippen LogP contribution in [0.1, 0.15) is 35.3 Å². The van der Waals surface area contributed by atoms with Crippen LogP contribution in [0.5, 0.6) is 0 Å². The third-order valence-electron chi connectivity index (χ3n) is 4.99. The number of carbonyl (C=O) groups excluding carboxylic acids is 1. The van der Waals surface area contributed by atoms with Crippen molar-refractivity contribution in [3.8, 4) is 0 Å². The Morgan fingerprint density at radius 3 is 2.52 bits per heavy atom. The van der Waals surface area contributed by atoms with Crippen molar-refractivity contribution >= 4 is 28.9 Å². The molecular formula is C23H21ClN2O. The predicted molar refractivity (Wildman–Crippen MR) is 112 cm³/mol. The molecule has 0 unspecified atom stereocenters. The van der Waals surface area contributed by atoms with Crippen LogP contribution in [-0.2, 0) is 0 Å². The third kappa shape index (κ3) is 3.56. The van der Waals surface area contributed by atoms with E-state index in [1.807, 2.05) is 53.4 Å². The highest BCUT2D eigenvalue weighted by atomic mass is 35.5. The maximum atomic E-state index is 13.2. The number of carbonyl (C=O) groups is 1. The van der Waals surface area contributed by atoms with Crippen molar-refractivity contribution in [3.63, 3.8) is 0 Å². The van der Waals surface area contributed by atoms with Gasteiger partial charge in [0, 0.05) is 28.0 Å². The van der Waals surface area contributed by atoms with Crippen LogP contribution in [0.2, 0.25) is 5.02 Å². The normalized spacial score (nSPS) is 18.7. The summed E-state index contributed by atoms with van der Waals surface area (Å²) in [6, 6.07) is 25.7. The lowest BCUT2D eigenvalue weighted by Crippen LogP contribution is -2.44. The smallest absolute Gasteiger partial charge is 0.258 e. The maximum absolute atomic E-state index is 13.2. The van der Waals surface area contributed by atoms with E-state index in [-0.39, 0.29) is 18.0 Å². The van der Waals surface area contributed by atoms with Crippen LogP contribution in [-0.4, -0.2) is 11.9 Å². The highest BCUT2D eigenvalue weighted by molar-refractivity contribution is 6.31. The molecule has 1 heterocycles. The Labute approximate surface area is 164 Å². The van der Waals surface area contributed by atoms with E-state index in [4.69, 9.17) is 11.6 Å². The topological polar surface area (TPSA) is 32.3 Å². The molecule has 0 fully saturated rings. The molecule has 27 heavy (non-hydrogen) atoms. The highest BCUT2D eigenvalue weighted by Crippen LogP contribution is 2.39. The number of amides is 1. The number of para-hydroxylation sites is 2. The summed E-state index contributed by atoms with van der Waals surface area (Å²) in [5.74, 6) is -0.0180. The molecule has 4 heteroatoms. The van der Waals surface area contributed by atoms with Crippen molar-refractivity contribution in [2.75, 3.05) is 10.2 Å². The van der Waals surface area contributed by atoms with Gasteiger partial charge in [-0.2, -0.15) is 0 Å². The van der Waals surface area contributed by atoms with E-state index in [1.165, 1.54) is 0 Å². The quantitative estimate of drug-likeness (QED) is 0.614. The number of fused-ring (bicyclic) bond motifs is 1. The second-order valence-electron chi connectivity index (χ2n) is 6.89. The van der Waals surface area contributed by atoms with Crippen molar-refractivity contribution in [1.29, 1.82) is 0 Å². The third-order valence-corrected chi connectivity index (χ3v) is 5.23. The van der Waals surface area contributed by atoms with Crippen LogP contribution < -0.4 is 10.2 Å². The van der Waals surface area contributed by atoms with Crippen LogP contribution in [0.4, 0.5) is 11.4 Å². The van der Waals surface area contributed by atoms with Crippen LogP contribution >= 0.6 is 11.6 Å². The van der Waals surface area contributed by atoms with Gasteiger partial charge in [0.05, 0.1) is 6.04 Å². The molecule has 0 aromatic heterocycles. The molecule has 4 rings (SSSR count). The number of hydrogen-bond donors (Lipinski definition) is 1. The average molecular weight is 377 g/mol. The first-order valence-corrected chi connectivity index (χ1v) is 9.51. The molecule has 1 N–H and O–H groups in total. The molecule has 2 atom stereocenters. The van der Waals surface area contributed by atoms with E-state index in [0.717, 1.165) is 23.4 Å². The SMILES string of the molecule is C[C@H]1C[C@@H](Nc2ccccc2)c2ccccc2N1C(=O)c1cccc(Cl)c1. The first-order valence-electron chi connectivity index (χ1n) is 9.13. The number of hydrogen-bond acceptors (Lipinski definition) is 2. The zero-order valence-electron chi connectivity index (χ0n) is 15.1. The molecule has 0 radical (unpaired) electrons. The second kappa shape index (κ2) is 7.45. The Bertz CT molecular complexity index is 957. The van der Waals surface area contributed by atoms with E-state index < -0.39 is 0 Å². The van der Waals surface area contributed by atoms with Gasteiger partial charge in [0.2, 0.25) is 0 Å². The monoisotopic (exact) mass is 376 g/mol. The van der Waals surface area contributed by atoms with E-state index in [0.29, 0.717) is 10.6 Å². The minimum Gasteiger partial charge on any atom is -0.378 e. The Morgan fingerprint density at radius 1 is 1.00 bits per heavy atom. The Morgan fingerprint density at radius 2 is 1.74 bits per heavy atom. The van der Waals surface area contributed by atoms with Gasteiger partial charge >= 0.3 is 0 Å². The van der Waals surface area contributed by atoms with Gasteiger partial charge in [-0.3, -0.25) is 4.79 Å². The van der Waals surface area contributed by atoms with E-state index in [2.05, 4.69) is 30.4 Å². The molecular weight excluding hydrogens is 356 g/mol. The predicted octanol–water partition coefficient (Wildman–Crippen LogP) is 5.93. The van der Waals surface area contributed by atoms with Gasteiger partial charge in [-0.25, -0.2) is 0 Å². The van der Waals surface area contributed by atoms with Crippen molar-refractivity contribution in [2.45, 2.75) is 25.4 Å². The van der Waals surface area contributed by atoms with Gasteiger partial charge in [-0.1, -0.05) is 54.1 Å². The van der Waals surface area contributed by atoms with Crippen LogP contribution in [0.25, 0.3) is 0 Å². The van der Waals surface area contributed by atoms with Crippen LogP contribution in [0.15, 0.2) is 78.9 Å². The lowest BCUT2D eigenvalue weighted by Gasteiger charge is -2.40. The first kappa shape index (κ1) is 17.6. The Kier molecular flexibility index (Phi) is 4.87. The summed E-state index contributed by atoms with van der Waals surface area (Å²) in [4.78, 5) is 15.1. The van der Waals surface area contributed by atoms with Gasteiger partial charge in [0.25, 0.3) is 5.91 Å². The van der Waals surface area contributed by atoms with Crippen molar-refractivity contribution in [3.05, 3.63) is 95.0 Å². The molecule has 1 aliphatic rings. The summed E-state index contributed by atoms with van der Waals surface area (Å²) in [6.45, 7) is 2.10. The van der Waals surface area contributed by atoms with Gasteiger partial charge in [0.15, 0.2) is 0 Å². The van der Waals surface area contributed by atoms with E-state index in [9.17, 15) is 4.79 Å². The summed E-state index contributed by atoms with van der Waals surface area (Å²) in [6.07, 6.45) is 0.832. The summed E-state index contributed by atoms with van der Waals surface area (Å²) in [7, 11) is 0. The van der Waals surface area contributed by atoms with Crippen molar-refractivity contribution in [2.24, 2.45) is 0 Å². The fraction of sp³-hybridized carbons (Fsp3) is 0.174. The van der Waals surface area contributed by atoms with E-state index >= 15 is 0 Å². The Hall–Kier alpha value is -2.78. The standard InChI is InChI=1S/C23H21ClN2O/c1-16-14-21(25-19-10-3-2-4-11-19)20-12-5-6-13-22(20)26(16)23(27)17-8-7-9-18(24)15-17/h2-13,15-16,21,25H,14H2,1H3/t16-,21+/m0/s1. The number of benzene rings is 3. The zero-order chi connectivity index (χ0) is 18.8. The molecule has 3 aromatic rings. The largest absolute Gasteiger partial charge is 0.378 e. The number of halogens is 1. The minimum absolute atomic E-state index is 0.0180. The first-order chi connectivity index (χ1) is 13.1. The molecule has 0 aliphatic carbocycles. The fourth-order valence-electron chi connectivity index (χ4n) is 3.75. The molecule has 1 amide bonds. The van der Waals surface area contributed by atoms with Crippen molar-refractivity contribution < 1.29 is 4.79 Å². The highest BCUT2D eigenvalue weighted by Gasteiger charge is 2.34. The molecule has 0 saturated heterocycles. The van der Waals surface area contributed by atoms with E-state index in [1.54, 1.807) is 12.1 Å². The second-order valence-corrected chi connectivity index (χ2v) is 7.33. The summed E-state index contributed by atoms with van der Waals surface area (Å²) >= 11 is 6.10. The molecule has 3 aromatic carbocycles. The minimum atomic E-state index is -0.0180. The maximum Gasteiger partial charge on any atom is 0.258 e. The molecule has 136 valence electrons. The molecule has 3 nitrogen and oxygen atoms in total. The summed E-state index contributed by atoms with van der Waals surface area (Å²) in [5.41, 5.74) is 3.78. The van der Waals surface area contributed by atoms with Gasteiger partial charge < -0.3 is 10.2 Å². The summed E-state index contributed by atoms with van der Waals surface area (Å²) < 4.78 is 0. The average Bonchev–Trinajstić information content (AvgIpc) is 2.68. The fourth-order valence-corrected chi connectivity index (χ4v) is 3.95. The van der Waals surface area contributed by atoms with Gasteiger partial charge in [0.1, 0.15) is 0 Å². The van der Waals surface area contributed by atoms with Gasteiger partial charge in [-0.05, 0) is 55.3 Å². The number of nitrogens with one attached hydrogen (secondary N) is 1. The lowest BCUT2D eigenvalue weighted by molar-refractivity contribution is 0.0974. The molecule has 1 aliphatic heterocycles. The number of anilines is 2. The van der Waals surface area contributed by atoms with Crippen LogP contribution in [0.3, 0.4) is 0 Å². The van der Waals surface area contributed by atoms with Gasteiger partial charge in [-0.15, -0.1) is 0 Å². The molecule has 0 saturated carbocycles. The van der Waals surface area contributed by atoms with Crippen LogP contribution in [0, 0.1) is 0 Å². The summed E-state index contributed by atoms with van der Waals surface area (Å²) in [5, 5.41) is 4.19. The zero-order valence-corrected chi connectivity index (χ0v) is 15.9. The molecule has 0 spiro atoms. The molecule has 0 bridgehead atoms. The van der Waals surface area contributed by atoms with Crippen molar-refractivity contribution in [1.82, 2.24) is 0 Å².